The summed E-state index contributed by atoms with van der Waals surface area (Å²) >= 11 is 5.98. The minimum Gasteiger partial charge on any atom is -0.497 e. The first-order valence-corrected chi connectivity index (χ1v) is 13.3. The molecular weight excluding hydrogens is 504 g/mol. The average molecular weight is 533 g/mol. The number of benzene rings is 3. The lowest BCUT2D eigenvalue weighted by Crippen LogP contribution is -2.33. The second-order valence-electron chi connectivity index (χ2n) is 7.97. The first-order valence-electron chi connectivity index (χ1n) is 11.1. The van der Waals surface area contributed by atoms with Crippen LogP contribution in [0.5, 0.6) is 17.2 Å². The van der Waals surface area contributed by atoms with Gasteiger partial charge < -0.3 is 19.5 Å². The van der Waals surface area contributed by atoms with E-state index in [2.05, 4.69) is 5.32 Å². The van der Waals surface area contributed by atoms with Crippen LogP contribution in [0, 0.1) is 0 Å². The quantitative estimate of drug-likeness (QED) is 0.395. The minimum atomic E-state index is -3.78. The zero-order valence-corrected chi connectivity index (χ0v) is 22.2. The number of sulfonamides is 1. The van der Waals surface area contributed by atoms with Crippen molar-refractivity contribution in [3.8, 4) is 17.2 Å². The van der Waals surface area contributed by atoms with E-state index in [1.807, 2.05) is 24.3 Å². The van der Waals surface area contributed by atoms with Gasteiger partial charge in [0.05, 0.1) is 45.4 Å². The highest BCUT2D eigenvalue weighted by molar-refractivity contribution is 7.92. The normalized spacial score (nSPS) is 11.0. The van der Waals surface area contributed by atoms with Crippen LogP contribution in [0.25, 0.3) is 0 Å². The number of ether oxygens (including phenoxy) is 3. The predicted molar refractivity (Wildman–Crippen MR) is 141 cm³/mol. The van der Waals surface area contributed by atoms with Crippen LogP contribution in [0.15, 0.2) is 60.7 Å². The van der Waals surface area contributed by atoms with Gasteiger partial charge in [0.1, 0.15) is 5.75 Å². The standard InChI is InChI=1S/C26H29ClN2O6S/c1-33-21-11-7-18(8-12-21)13-14-28-26(30)22-15-24(34-2)25(35-3)16-23(22)29(36(4,31)32)17-19-5-9-20(27)10-6-19/h5-12,15-16H,13-14,17H2,1-4H3,(H,28,30). The van der Waals surface area contributed by atoms with Gasteiger partial charge in [-0.05, 0) is 47.9 Å². The second-order valence-corrected chi connectivity index (χ2v) is 10.3. The van der Waals surface area contributed by atoms with Crippen molar-refractivity contribution in [2.24, 2.45) is 0 Å². The van der Waals surface area contributed by atoms with Crippen molar-refractivity contribution >= 4 is 33.2 Å². The molecule has 0 aliphatic carbocycles. The van der Waals surface area contributed by atoms with Gasteiger partial charge in [0.25, 0.3) is 5.91 Å². The van der Waals surface area contributed by atoms with Gasteiger partial charge in [-0.15, -0.1) is 0 Å². The zero-order valence-electron chi connectivity index (χ0n) is 20.6. The molecule has 0 saturated heterocycles. The van der Waals surface area contributed by atoms with Crippen molar-refractivity contribution in [2.75, 3.05) is 38.4 Å². The van der Waals surface area contributed by atoms with Crippen molar-refractivity contribution in [3.63, 3.8) is 0 Å². The van der Waals surface area contributed by atoms with Gasteiger partial charge in [-0.25, -0.2) is 8.42 Å². The Bertz CT molecular complexity index is 1300. The molecule has 0 bridgehead atoms. The maximum atomic E-state index is 13.3. The molecule has 0 heterocycles. The smallest absolute Gasteiger partial charge is 0.253 e. The van der Waals surface area contributed by atoms with Crippen LogP contribution in [0.4, 0.5) is 5.69 Å². The molecule has 192 valence electrons. The summed E-state index contributed by atoms with van der Waals surface area (Å²) in [6, 6.07) is 17.3. The Labute approximate surface area is 216 Å². The molecule has 1 amide bonds. The highest BCUT2D eigenvalue weighted by Crippen LogP contribution is 2.37. The van der Waals surface area contributed by atoms with Crippen molar-refractivity contribution in [1.29, 1.82) is 0 Å². The lowest BCUT2D eigenvalue weighted by atomic mass is 10.1. The van der Waals surface area contributed by atoms with E-state index in [1.54, 1.807) is 31.4 Å². The summed E-state index contributed by atoms with van der Waals surface area (Å²) in [6.45, 7) is 0.340. The predicted octanol–water partition coefficient (Wildman–Crippen LogP) is 4.30. The number of nitrogens with one attached hydrogen (secondary N) is 1. The molecule has 10 heteroatoms. The Balaban J connectivity index is 1.93. The summed E-state index contributed by atoms with van der Waals surface area (Å²) in [5.41, 5.74) is 2.03. The number of carbonyl (C=O) groups excluding carboxylic acids is 1. The molecule has 0 spiro atoms. The van der Waals surface area contributed by atoms with Crippen molar-refractivity contribution in [1.82, 2.24) is 5.32 Å². The second kappa shape index (κ2) is 12.0. The Morgan fingerprint density at radius 1 is 0.889 bits per heavy atom. The fourth-order valence-corrected chi connectivity index (χ4v) is 4.62. The molecule has 0 aliphatic heterocycles. The van der Waals surface area contributed by atoms with E-state index in [0.717, 1.165) is 21.9 Å². The molecule has 1 N–H and O–H groups in total. The molecule has 3 aromatic carbocycles. The number of hydrogen-bond donors (Lipinski definition) is 1. The Kier molecular flexibility index (Phi) is 9.06. The Morgan fingerprint density at radius 2 is 1.47 bits per heavy atom. The van der Waals surface area contributed by atoms with Crippen molar-refractivity contribution < 1.29 is 27.4 Å². The minimum absolute atomic E-state index is 0.00237. The van der Waals surface area contributed by atoms with Gasteiger partial charge in [-0.1, -0.05) is 35.9 Å². The lowest BCUT2D eigenvalue weighted by Gasteiger charge is -2.26. The van der Waals surface area contributed by atoms with E-state index >= 15 is 0 Å². The fourth-order valence-electron chi connectivity index (χ4n) is 3.60. The number of methoxy groups -OCH3 is 3. The molecule has 3 rings (SSSR count). The van der Waals surface area contributed by atoms with Crippen LogP contribution in [-0.2, 0) is 23.0 Å². The fraction of sp³-hybridized carbons (Fsp3) is 0.269. The molecule has 0 saturated carbocycles. The number of anilines is 1. The molecule has 0 aromatic heterocycles. The number of nitrogens with zero attached hydrogens (tertiary/aromatic N) is 1. The zero-order chi connectivity index (χ0) is 26.3. The molecule has 0 aliphatic rings. The van der Waals surface area contributed by atoms with Crippen LogP contribution < -0.4 is 23.8 Å². The monoisotopic (exact) mass is 532 g/mol. The molecule has 0 atom stereocenters. The third kappa shape index (κ3) is 6.83. The summed E-state index contributed by atoms with van der Waals surface area (Å²) in [7, 11) is 0.709. The Morgan fingerprint density at radius 3 is 2.03 bits per heavy atom. The maximum Gasteiger partial charge on any atom is 0.253 e. The number of halogens is 1. The Hall–Kier alpha value is -3.43. The number of carbonyl (C=O) groups is 1. The number of hydrogen-bond acceptors (Lipinski definition) is 6. The molecule has 3 aromatic rings. The van der Waals surface area contributed by atoms with Crippen LogP contribution in [0.3, 0.4) is 0 Å². The molecular formula is C26H29ClN2O6S. The van der Waals surface area contributed by atoms with E-state index in [9.17, 15) is 13.2 Å². The summed E-state index contributed by atoms with van der Waals surface area (Å²) in [6.07, 6.45) is 1.67. The van der Waals surface area contributed by atoms with E-state index in [4.69, 9.17) is 25.8 Å². The summed E-state index contributed by atoms with van der Waals surface area (Å²) < 4.78 is 42.8. The number of amides is 1. The van der Waals surface area contributed by atoms with E-state index < -0.39 is 15.9 Å². The lowest BCUT2D eigenvalue weighted by molar-refractivity contribution is 0.0954. The van der Waals surface area contributed by atoms with Crippen molar-refractivity contribution in [3.05, 3.63) is 82.4 Å². The molecule has 0 unspecified atom stereocenters. The van der Waals surface area contributed by atoms with Crippen LogP contribution >= 0.6 is 11.6 Å². The van der Waals surface area contributed by atoms with Crippen LogP contribution in [0.2, 0.25) is 5.02 Å². The van der Waals surface area contributed by atoms with Crippen LogP contribution in [0.1, 0.15) is 21.5 Å². The van der Waals surface area contributed by atoms with Gasteiger partial charge >= 0.3 is 0 Å². The summed E-state index contributed by atoms with van der Waals surface area (Å²) in [4.78, 5) is 13.3. The maximum absolute atomic E-state index is 13.3. The van der Waals surface area contributed by atoms with Gasteiger partial charge in [0, 0.05) is 17.6 Å². The first-order chi connectivity index (χ1) is 17.2. The highest BCUT2D eigenvalue weighted by Gasteiger charge is 2.26. The third-order valence-corrected chi connectivity index (χ3v) is 6.89. The van der Waals surface area contributed by atoms with Gasteiger partial charge in [-0.2, -0.15) is 0 Å². The van der Waals surface area contributed by atoms with E-state index in [1.165, 1.54) is 26.4 Å². The van der Waals surface area contributed by atoms with E-state index in [0.29, 0.717) is 35.1 Å². The third-order valence-electron chi connectivity index (χ3n) is 5.51. The number of rotatable bonds is 11. The topological polar surface area (TPSA) is 94.2 Å². The van der Waals surface area contributed by atoms with E-state index in [-0.39, 0.29) is 17.8 Å². The molecule has 0 radical (unpaired) electrons. The summed E-state index contributed by atoms with van der Waals surface area (Å²) in [5.74, 6) is 0.914. The molecule has 36 heavy (non-hydrogen) atoms. The molecule has 0 fully saturated rings. The average Bonchev–Trinajstić information content (AvgIpc) is 2.87. The highest BCUT2D eigenvalue weighted by atomic mass is 35.5. The van der Waals surface area contributed by atoms with Gasteiger partial charge in [-0.3, -0.25) is 9.10 Å². The largest absolute Gasteiger partial charge is 0.497 e. The van der Waals surface area contributed by atoms with Crippen molar-refractivity contribution in [2.45, 2.75) is 13.0 Å². The first kappa shape index (κ1) is 27.2. The summed E-state index contributed by atoms with van der Waals surface area (Å²) in [5, 5.41) is 3.41. The van der Waals surface area contributed by atoms with Gasteiger partial charge in [0.15, 0.2) is 11.5 Å². The molecule has 8 nitrogen and oxygen atoms in total. The van der Waals surface area contributed by atoms with Gasteiger partial charge in [0.2, 0.25) is 10.0 Å². The van der Waals surface area contributed by atoms with Crippen LogP contribution in [-0.4, -0.2) is 48.5 Å². The SMILES string of the molecule is COc1ccc(CCNC(=O)c2cc(OC)c(OC)cc2N(Cc2ccc(Cl)cc2)S(C)(=O)=O)cc1.